The molecule has 2 aromatic rings. The molecule has 150 valence electrons. The summed E-state index contributed by atoms with van der Waals surface area (Å²) in [4.78, 5) is 0. The maximum atomic E-state index is 9.99. The van der Waals surface area contributed by atoms with Crippen molar-refractivity contribution >= 4 is 5.69 Å². The quantitative estimate of drug-likeness (QED) is 0.694. The van der Waals surface area contributed by atoms with Crippen LogP contribution in [0.1, 0.15) is 64.3 Å². The van der Waals surface area contributed by atoms with E-state index in [0.717, 1.165) is 28.3 Å². The molecule has 0 aromatic heterocycles. The lowest BCUT2D eigenvalue weighted by atomic mass is 9.76. The number of anilines is 1. The van der Waals surface area contributed by atoms with Crippen LogP contribution in [0.2, 0.25) is 0 Å². The molecular weight excluding hydrogens is 348 g/mol. The summed E-state index contributed by atoms with van der Waals surface area (Å²) in [7, 11) is 3.30. The number of ether oxygens (including phenoxy) is 2. The Morgan fingerprint density at radius 3 is 1.93 bits per heavy atom. The van der Waals surface area contributed by atoms with Gasteiger partial charge in [-0.1, -0.05) is 47.6 Å². The molecule has 0 heterocycles. The molecule has 0 bridgehead atoms. The lowest BCUT2D eigenvalue weighted by Gasteiger charge is -2.31. The monoisotopic (exact) mass is 380 g/mol. The minimum atomic E-state index is -0.536. The second-order valence-electron chi connectivity index (χ2n) is 9.07. The van der Waals surface area contributed by atoms with Gasteiger partial charge in [-0.2, -0.15) is 5.26 Å². The molecule has 0 spiro atoms. The molecule has 4 heteroatoms. The van der Waals surface area contributed by atoms with Gasteiger partial charge in [0.1, 0.15) is 17.5 Å². The van der Waals surface area contributed by atoms with Crippen LogP contribution in [-0.2, 0) is 10.8 Å². The second-order valence-corrected chi connectivity index (χ2v) is 9.07. The average Bonchev–Trinajstić information content (AvgIpc) is 2.64. The van der Waals surface area contributed by atoms with E-state index in [4.69, 9.17) is 9.47 Å². The van der Waals surface area contributed by atoms with Crippen molar-refractivity contribution in [2.24, 2.45) is 0 Å². The SMILES string of the molecule is COc1ccc(NC(C#N)c2c(OC)cc(C(C)(C)C)cc2C(C)(C)C)cc1. The highest BCUT2D eigenvalue weighted by molar-refractivity contribution is 5.57. The molecule has 1 atom stereocenters. The first-order valence-electron chi connectivity index (χ1n) is 9.54. The van der Waals surface area contributed by atoms with Gasteiger partial charge < -0.3 is 14.8 Å². The normalized spacial score (nSPS) is 12.8. The Hall–Kier alpha value is -2.67. The van der Waals surface area contributed by atoms with Crippen LogP contribution < -0.4 is 14.8 Å². The molecule has 0 saturated carbocycles. The molecule has 2 aromatic carbocycles. The molecule has 28 heavy (non-hydrogen) atoms. The Balaban J connectivity index is 2.60. The Bertz CT molecular complexity index is 850. The smallest absolute Gasteiger partial charge is 0.144 e. The maximum Gasteiger partial charge on any atom is 0.144 e. The summed E-state index contributed by atoms with van der Waals surface area (Å²) < 4.78 is 11.0. The topological polar surface area (TPSA) is 54.3 Å². The summed E-state index contributed by atoms with van der Waals surface area (Å²) in [6.07, 6.45) is 0. The summed E-state index contributed by atoms with van der Waals surface area (Å²) in [5, 5.41) is 13.3. The lowest BCUT2D eigenvalue weighted by molar-refractivity contribution is 0.403. The Kier molecular flexibility index (Phi) is 6.29. The van der Waals surface area contributed by atoms with Crippen molar-refractivity contribution in [1.29, 1.82) is 5.26 Å². The first-order valence-corrected chi connectivity index (χ1v) is 9.54. The highest BCUT2D eigenvalue weighted by Gasteiger charge is 2.29. The van der Waals surface area contributed by atoms with Crippen molar-refractivity contribution in [1.82, 2.24) is 0 Å². The van der Waals surface area contributed by atoms with Gasteiger partial charge >= 0.3 is 0 Å². The third-order valence-electron chi connectivity index (χ3n) is 4.85. The number of methoxy groups -OCH3 is 2. The van der Waals surface area contributed by atoms with E-state index in [2.05, 4.69) is 65.1 Å². The summed E-state index contributed by atoms with van der Waals surface area (Å²) >= 11 is 0. The molecule has 0 aliphatic heterocycles. The third kappa shape index (κ3) is 4.78. The molecule has 0 aliphatic carbocycles. The Morgan fingerprint density at radius 2 is 1.50 bits per heavy atom. The van der Waals surface area contributed by atoms with Crippen molar-refractivity contribution in [3.8, 4) is 17.6 Å². The van der Waals surface area contributed by atoms with Gasteiger partial charge in [-0.15, -0.1) is 0 Å². The zero-order valence-corrected chi connectivity index (χ0v) is 18.3. The Morgan fingerprint density at radius 1 is 0.893 bits per heavy atom. The number of benzene rings is 2. The summed E-state index contributed by atoms with van der Waals surface area (Å²) in [5.74, 6) is 1.52. The van der Waals surface area contributed by atoms with Crippen LogP contribution in [0.3, 0.4) is 0 Å². The zero-order valence-electron chi connectivity index (χ0n) is 18.3. The fraction of sp³-hybridized carbons (Fsp3) is 0.458. The number of rotatable bonds is 5. The standard InChI is InChI=1S/C24H32N2O2/c1-23(2,3)16-13-19(24(4,5)6)22(21(14-16)28-8)20(15-25)26-17-9-11-18(27-7)12-10-17/h9-14,20,26H,1-8H3. The van der Waals surface area contributed by atoms with E-state index >= 15 is 0 Å². The molecule has 0 aliphatic rings. The van der Waals surface area contributed by atoms with Gasteiger partial charge in [0, 0.05) is 11.3 Å². The molecular formula is C24H32N2O2. The van der Waals surface area contributed by atoms with Crippen molar-refractivity contribution in [2.45, 2.75) is 58.4 Å². The van der Waals surface area contributed by atoms with E-state index in [0.29, 0.717) is 0 Å². The molecule has 1 unspecified atom stereocenters. The largest absolute Gasteiger partial charge is 0.497 e. The summed E-state index contributed by atoms with van der Waals surface area (Å²) in [5.41, 5.74) is 3.90. The molecule has 0 fully saturated rings. The van der Waals surface area contributed by atoms with E-state index < -0.39 is 6.04 Å². The van der Waals surface area contributed by atoms with Crippen molar-refractivity contribution in [2.75, 3.05) is 19.5 Å². The highest BCUT2D eigenvalue weighted by atomic mass is 16.5. The van der Waals surface area contributed by atoms with Gasteiger partial charge in [0.25, 0.3) is 0 Å². The van der Waals surface area contributed by atoms with Crippen molar-refractivity contribution < 1.29 is 9.47 Å². The fourth-order valence-electron chi connectivity index (χ4n) is 3.17. The van der Waals surface area contributed by atoms with E-state index in [-0.39, 0.29) is 10.8 Å². The van der Waals surface area contributed by atoms with Gasteiger partial charge in [0.2, 0.25) is 0 Å². The van der Waals surface area contributed by atoms with E-state index in [1.54, 1.807) is 14.2 Å². The molecule has 0 amide bonds. The first-order chi connectivity index (χ1) is 13.0. The predicted molar refractivity (Wildman–Crippen MR) is 115 cm³/mol. The Labute approximate surface area is 169 Å². The third-order valence-corrected chi connectivity index (χ3v) is 4.85. The van der Waals surface area contributed by atoms with E-state index in [9.17, 15) is 5.26 Å². The minimum absolute atomic E-state index is 0.0165. The first kappa shape index (κ1) is 21.6. The van der Waals surface area contributed by atoms with Crippen LogP contribution >= 0.6 is 0 Å². The van der Waals surface area contributed by atoms with Crippen LogP contribution in [0.4, 0.5) is 5.69 Å². The maximum absolute atomic E-state index is 9.99. The van der Waals surface area contributed by atoms with Crippen molar-refractivity contribution in [3.63, 3.8) is 0 Å². The van der Waals surface area contributed by atoms with Crippen LogP contribution in [-0.4, -0.2) is 14.2 Å². The average molecular weight is 381 g/mol. The lowest BCUT2D eigenvalue weighted by Crippen LogP contribution is -2.22. The highest BCUT2D eigenvalue weighted by Crippen LogP contribution is 2.41. The number of nitriles is 1. The summed E-state index contributed by atoms with van der Waals surface area (Å²) in [6, 6.07) is 13.7. The number of nitrogens with one attached hydrogen (secondary N) is 1. The molecule has 0 radical (unpaired) electrons. The van der Waals surface area contributed by atoms with Gasteiger partial charge in [0.15, 0.2) is 0 Å². The predicted octanol–water partition coefficient (Wildman–Crippen LogP) is 5.98. The molecule has 1 N–H and O–H groups in total. The molecule has 4 nitrogen and oxygen atoms in total. The molecule has 2 rings (SSSR count). The van der Waals surface area contributed by atoms with E-state index in [1.807, 2.05) is 24.3 Å². The van der Waals surface area contributed by atoms with Gasteiger partial charge in [-0.05, 0) is 52.3 Å². The minimum Gasteiger partial charge on any atom is -0.497 e. The van der Waals surface area contributed by atoms with Crippen LogP contribution in [0.5, 0.6) is 11.5 Å². The van der Waals surface area contributed by atoms with Crippen LogP contribution in [0, 0.1) is 11.3 Å². The number of nitrogens with zero attached hydrogens (tertiary/aromatic N) is 1. The van der Waals surface area contributed by atoms with Gasteiger partial charge in [-0.3, -0.25) is 0 Å². The second kappa shape index (κ2) is 8.14. The molecule has 0 saturated heterocycles. The zero-order chi connectivity index (χ0) is 21.1. The van der Waals surface area contributed by atoms with Crippen molar-refractivity contribution in [3.05, 3.63) is 53.1 Å². The summed E-state index contributed by atoms with van der Waals surface area (Å²) in [6.45, 7) is 13.1. The fourth-order valence-corrected chi connectivity index (χ4v) is 3.17. The van der Waals surface area contributed by atoms with Crippen LogP contribution in [0.15, 0.2) is 36.4 Å². The van der Waals surface area contributed by atoms with Gasteiger partial charge in [-0.25, -0.2) is 0 Å². The van der Waals surface area contributed by atoms with E-state index in [1.165, 1.54) is 5.56 Å². The van der Waals surface area contributed by atoms with Crippen LogP contribution in [0.25, 0.3) is 0 Å². The number of hydrogen-bond acceptors (Lipinski definition) is 4. The van der Waals surface area contributed by atoms with Gasteiger partial charge in [0.05, 0.1) is 20.3 Å². The number of hydrogen-bond donors (Lipinski definition) is 1.